The molecule has 4 nitrogen and oxygen atoms in total. The van der Waals surface area contributed by atoms with Crippen LogP contribution in [0.5, 0.6) is 0 Å². The summed E-state index contributed by atoms with van der Waals surface area (Å²) in [6.45, 7) is 5.96. The van der Waals surface area contributed by atoms with Crippen molar-refractivity contribution in [2.45, 2.75) is 32.9 Å². The van der Waals surface area contributed by atoms with E-state index < -0.39 is 11.7 Å². The van der Waals surface area contributed by atoms with Crippen molar-refractivity contribution in [3.63, 3.8) is 0 Å². The third-order valence-corrected chi connectivity index (χ3v) is 1.48. The molecule has 1 aromatic rings. The first-order chi connectivity index (χ1) is 6.47. The highest BCUT2D eigenvalue weighted by Crippen LogP contribution is 2.06. The van der Waals surface area contributed by atoms with Crippen molar-refractivity contribution in [2.75, 3.05) is 0 Å². The number of aromatic nitrogens is 1. The van der Waals surface area contributed by atoms with Crippen LogP contribution in [0.2, 0.25) is 0 Å². The van der Waals surface area contributed by atoms with Gasteiger partial charge in [0, 0.05) is 11.9 Å². The van der Waals surface area contributed by atoms with E-state index in [9.17, 15) is 4.79 Å². The first-order valence-corrected chi connectivity index (χ1v) is 4.56. The van der Waals surface area contributed by atoms with Gasteiger partial charge in [0.2, 0.25) is 0 Å². The van der Waals surface area contributed by atoms with Gasteiger partial charge in [-0.1, -0.05) is 0 Å². The van der Waals surface area contributed by atoms with Crippen LogP contribution in [0.3, 0.4) is 0 Å². The molecule has 2 N–H and O–H groups in total. The Labute approximate surface area is 83.7 Å². The van der Waals surface area contributed by atoms with Gasteiger partial charge in [-0.05, 0) is 32.9 Å². The molecule has 0 aliphatic carbocycles. The van der Waals surface area contributed by atoms with Crippen LogP contribution in [-0.4, -0.2) is 16.7 Å². The molecule has 0 aromatic carbocycles. The molecule has 0 aliphatic heterocycles. The van der Waals surface area contributed by atoms with Gasteiger partial charge in [-0.2, -0.15) is 0 Å². The van der Waals surface area contributed by atoms with Crippen LogP contribution in [0.4, 0.5) is 4.79 Å². The Hall–Kier alpha value is -1.45. The van der Waals surface area contributed by atoms with Crippen molar-refractivity contribution < 1.29 is 9.53 Å². The Morgan fingerprint density at radius 1 is 1.57 bits per heavy atom. The topological polar surface area (TPSA) is 54.1 Å². The van der Waals surface area contributed by atoms with Crippen LogP contribution in [0.25, 0.3) is 0 Å². The van der Waals surface area contributed by atoms with Crippen LogP contribution >= 0.6 is 0 Å². The number of nitrogens with one attached hydrogen (secondary N) is 2. The summed E-state index contributed by atoms with van der Waals surface area (Å²) in [5, 5.41) is 2.65. The predicted molar refractivity (Wildman–Crippen MR) is 53.9 cm³/mol. The maximum atomic E-state index is 11.2. The van der Waals surface area contributed by atoms with Crippen molar-refractivity contribution in [2.24, 2.45) is 0 Å². The first-order valence-electron chi connectivity index (χ1n) is 4.56. The van der Waals surface area contributed by atoms with E-state index >= 15 is 0 Å². The molecule has 1 amide bonds. The minimum Gasteiger partial charge on any atom is -0.444 e. The molecule has 0 radical (unpaired) electrons. The third-order valence-electron chi connectivity index (χ3n) is 1.48. The van der Waals surface area contributed by atoms with Gasteiger partial charge in [0.15, 0.2) is 0 Å². The van der Waals surface area contributed by atoms with Crippen LogP contribution in [-0.2, 0) is 11.3 Å². The van der Waals surface area contributed by atoms with E-state index in [2.05, 4.69) is 10.3 Å². The highest BCUT2D eigenvalue weighted by Gasteiger charge is 2.15. The quantitative estimate of drug-likeness (QED) is 0.760. The monoisotopic (exact) mass is 196 g/mol. The molecule has 0 spiro atoms. The average molecular weight is 196 g/mol. The van der Waals surface area contributed by atoms with E-state index in [4.69, 9.17) is 4.74 Å². The number of amides is 1. The first kappa shape index (κ1) is 10.6. The van der Waals surface area contributed by atoms with Gasteiger partial charge in [-0.3, -0.25) is 0 Å². The molecule has 0 unspecified atom stereocenters. The lowest BCUT2D eigenvalue weighted by Gasteiger charge is -2.19. The van der Waals surface area contributed by atoms with Gasteiger partial charge < -0.3 is 15.0 Å². The number of hydrogen-bond acceptors (Lipinski definition) is 2. The van der Waals surface area contributed by atoms with Crippen LogP contribution in [0, 0.1) is 0 Å². The molecule has 0 atom stereocenters. The Kier molecular flexibility index (Phi) is 3.17. The molecule has 1 rings (SSSR count). The maximum Gasteiger partial charge on any atom is 0.407 e. The Morgan fingerprint density at radius 2 is 2.29 bits per heavy atom. The SMILES string of the molecule is CC(C)(C)OC(=O)NCc1ccc[nH]1. The van der Waals surface area contributed by atoms with Crippen molar-refractivity contribution in [1.29, 1.82) is 0 Å². The second kappa shape index (κ2) is 4.17. The molecule has 78 valence electrons. The number of ether oxygens (including phenoxy) is 1. The van der Waals surface area contributed by atoms with Crippen LogP contribution in [0.1, 0.15) is 26.5 Å². The molecular weight excluding hydrogens is 180 g/mol. The molecule has 0 saturated carbocycles. The standard InChI is InChI=1S/C10H16N2O2/c1-10(2,3)14-9(13)12-7-8-5-4-6-11-8/h4-6,11H,7H2,1-3H3,(H,12,13). The highest BCUT2D eigenvalue weighted by atomic mass is 16.6. The Morgan fingerprint density at radius 3 is 2.79 bits per heavy atom. The Bertz CT molecular complexity index is 286. The summed E-state index contributed by atoms with van der Waals surface area (Å²) in [4.78, 5) is 14.2. The predicted octanol–water partition coefficient (Wildman–Crippen LogP) is 2.04. The maximum absolute atomic E-state index is 11.2. The van der Waals surface area contributed by atoms with E-state index in [0.29, 0.717) is 6.54 Å². The van der Waals surface area contributed by atoms with Crippen LogP contribution < -0.4 is 5.32 Å². The van der Waals surface area contributed by atoms with E-state index in [1.54, 1.807) is 0 Å². The molecule has 1 aromatic heterocycles. The molecule has 0 saturated heterocycles. The van der Waals surface area contributed by atoms with Crippen molar-refractivity contribution in [3.05, 3.63) is 24.0 Å². The smallest absolute Gasteiger partial charge is 0.407 e. The second-order valence-corrected chi connectivity index (χ2v) is 4.05. The summed E-state index contributed by atoms with van der Waals surface area (Å²) in [5.74, 6) is 0. The van der Waals surface area contributed by atoms with E-state index in [1.165, 1.54) is 0 Å². The molecule has 0 bridgehead atoms. The fourth-order valence-electron chi connectivity index (χ4n) is 0.959. The summed E-state index contributed by atoms with van der Waals surface area (Å²) in [6, 6.07) is 3.78. The van der Waals surface area contributed by atoms with E-state index in [1.807, 2.05) is 39.1 Å². The minimum absolute atomic E-state index is 0.396. The van der Waals surface area contributed by atoms with Crippen molar-refractivity contribution in [1.82, 2.24) is 10.3 Å². The molecule has 1 heterocycles. The molecular formula is C10H16N2O2. The third kappa shape index (κ3) is 3.98. The number of H-pyrrole nitrogens is 1. The van der Waals surface area contributed by atoms with E-state index in [-0.39, 0.29) is 0 Å². The molecule has 0 fully saturated rings. The zero-order valence-electron chi connectivity index (χ0n) is 8.76. The number of alkyl carbamates (subject to hydrolysis) is 1. The van der Waals surface area contributed by atoms with Gasteiger partial charge in [0.1, 0.15) is 5.60 Å². The number of aromatic amines is 1. The lowest BCUT2D eigenvalue weighted by Crippen LogP contribution is -2.32. The number of carbonyl (C=O) groups is 1. The highest BCUT2D eigenvalue weighted by molar-refractivity contribution is 5.67. The molecule has 4 heteroatoms. The lowest BCUT2D eigenvalue weighted by atomic mass is 10.2. The van der Waals surface area contributed by atoms with Gasteiger partial charge in [0.05, 0.1) is 6.54 Å². The normalized spacial score (nSPS) is 11.1. The zero-order valence-corrected chi connectivity index (χ0v) is 8.76. The fraction of sp³-hybridized carbons (Fsp3) is 0.500. The summed E-state index contributed by atoms with van der Waals surface area (Å²) < 4.78 is 5.07. The Balaban J connectivity index is 2.29. The van der Waals surface area contributed by atoms with Gasteiger partial charge in [-0.15, -0.1) is 0 Å². The minimum atomic E-state index is -0.445. The van der Waals surface area contributed by atoms with Crippen LogP contribution in [0.15, 0.2) is 18.3 Å². The summed E-state index contributed by atoms with van der Waals surface area (Å²) in [7, 11) is 0. The summed E-state index contributed by atoms with van der Waals surface area (Å²) in [5.41, 5.74) is 0.510. The fourth-order valence-corrected chi connectivity index (χ4v) is 0.959. The lowest BCUT2D eigenvalue weighted by molar-refractivity contribution is 0.0523. The number of rotatable bonds is 2. The number of carbonyl (C=O) groups excluding carboxylic acids is 1. The van der Waals surface area contributed by atoms with Gasteiger partial charge in [-0.25, -0.2) is 4.79 Å². The molecule has 14 heavy (non-hydrogen) atoms. The van der Waals surface area contributed by atoms with E-state index in [0.717, 1.165) is 5.69 Å². The van der Waals surface area contributed by atoms with Crippen molar-refractivity contribution in [3.8, 4) is 0 Å². The van der Waals surface area contributed by atoms with Gasteiger partial charge in [0.25, 0.3) is 0 Å². The second-order valence-electron chi connectivity index (χ2n) is 4.05. The largest absolute Gasteiger partial charge is 0.444 e. The number of hydrogen-bond donors (Lipinski definition) is 2. The average Bonchev–Trinajstić information content (AvgIpc) is 2.49. The molecule has 0 aliphatic rings. The summed E-state index contributed by atoms with van der Waals surface area (Å²) in [6.07, 6.45) is 1.42. The van der Waals surface area contributed by atoms with Crippen molar-refractivity contribution >= 4 is 6.09 Å². The van der Waals surface area contributed by atoms with Gasteiger partial charge >= 0.3 is 6.09 Å². The summed E-state index contributed by atoms with van der Waals surface area (Å²) >= 11 is 0. The zero-order chi connectivity index (χ0) is 10.6.